The second-order valence-electron chi connectivity index (χ2n) is 5.53. The number of anilines is 1. The molecular formula is C13H18N6O. The van der Waals surface area contributed by atoms with Crippen molar-refractivity contribution in [1.82, 2.24) is 24.5 Å². The maximum atomic E-state index is 5.94. The summed E-state index contributed by atoms with van der Waals surface area (Å²) in [6.07, 6.45) is 6.77. The Hall–Kier alpha value is -1.73. The molecule has 2 aromatic heterocycles. The van der Waals surface area contributed by atoms with Crippen molar-refractivity contribution in [2.45, 2.75) is 18.6 Å². The van der Waals surface area contributed by atoms with Crippen LogP contribution in [0, 0.1) is 0 Å². The molecule has 0 radical (unpaired) electrons. The number of likely N-dealkylation sites (N-methyl/N-ethyl adjacent to an activating group) is 1. The molecule has 2 unspecified atom stereocenters. The highest BCUT2D eigenvalue weighted by Crippen LogP contribution is 2.28. The van der Waals surface area contributed by atoms with Gasteiger partial charge >= 0.3 is 0 Å². The van der Waals surface area contributed by atoms with Crippen molar-refractivity contribution in [1.29, 1.82) is 0 Å². The number of nitrogens with zero attached hydrogens (tertiary/aromatic N) is 6. The smallest absolute Gasteiger partial charge is 0.203 e. The van der Waals surface area contributed by atoms with Gasteiger partial charge in [0.1, 0.15) is 6.33 Å². The maximum Gasteiger partial charge on any atom is 0.203 e. The minimum absolute atomic E-state index is 0.296. The molecule has 2 aromatic rings. The van der Waals surface area contributed by atoms with Gasteiger partial charge in [-0.05, 0) is 13.5 Å². The zero-order valence-corrected chi connectivity index (χ0v) is 11.5. The fraction of sp³-hybridized carbons (Fsp3) is 0.615. The zero-order valence-electron chi connectivity index (χ0n) is 11.5. The summed E-state index contributed by atoms with van der Waals surface area (Å²) in [5, 5.41) is 8.19. The number of hydrogen-bond acceptors (Lipinski definition) is 6. The van der Waals surface area contributed by atoms with Gasteiger partial charge in [-0.15, -0.1) is 10.2 Å². The van der Waals surface area contributed by atoms with Crippen LogP contribution in [0.4, 0.5) is 5.82 Å². The molecule has 0 aliphatic carbocycles. The minimum Gasteiger partial charge on any atom is -0.374 e. The molecule has 7 heteroatoms. The SMILES string of the molecule is CN1CCC2OCCN(c3nccn4cnnc34)C2C1. The van der Waals surface area contributed by atoms with Crippen LogP contribution in [0.1, 0.15) is 6.42 Å². The number of piperidine rings is 1. The average Bonchev–Trinajstić information content (AvgIpc) is 2.95. The Kier molecular flexibility index (Phi) is 2.82. The molecule has 2 atom stereocenters. The average molecular weight is 274 g/mol. The van der Waals surface area contributed by atoms with Crippen molar-refractivity contribution in [2.75, 3.05) is 38.2 Å². The highest BCUT2D eigenvalue weighted by molar-refractivity contribution is 5.64. The van der Waals surface area contributed by atoms with Gasteiger partial charge in [0.2, 0.25) is 5.65 Å². The van der Waals surface area contributed by atoms with Crippen LogP contribution in [0.2, 0.25) is 0 Å². The Morgan fingerprint density at radius 2 is 2.30 bits per heavy atom. The summed E-state index contributed by atoms with van der Waals surface area (Å²) in [6.45, 7) is 3.70. The molecule has 2 aliphatic rings. The van der Waals surface area contributed by atoms with E-state index in [1.807, 2.05) is 16.8 Å². The molecule has 7 nitrogen and oxygen atoms in total. The van der Waals surface area contributed by atoms with E-state index >= 15 is 0 Å². The van der Waals surface area contributed by atoms with Crippen LogP contribution in [0.15, 0.2) is 18.7 Å². The molecule has 4 heterocycles. The van der Waals surface area contributed by atoms with E-state index in [0.717, 1.165) is 44.1 Å². The molecule has 0 N–H and O–H groups in total. The Balaban J connectivity index is 1.74. The van der Waals surface area contributed by atoms with Gasteiger partial charge in [0.05, 0.1) is 18.8 Å². The maximum absolute atomic E-state index is 5.94. The second kappa shape index (κ2) is 4.68. The van der Waals surface area contributed by atoms with Crippen molar-refractivity contribution >= 4 is 11.5 Å². The number of morpholine rings is 1. The van der Waals surface area contributed by atoms with Crippen LogP contribution in [-0.2, 0) is 4.74 Å². The van der Waals surface area contributed by atoms with Crippen molar-refractivity contribution in [2.24, 2.45) is 0 Å². The lowest BCUT2D eigenvalue weighted by molar-refractivity contribution is -0.0245. The summed E-state index contributed by atoms with van der Waals surface area (Å²) in [7, 11) is 2.16. The first kappa shape index (κ1) is 12.0. The third-order valence-corrected chi connectivity index (χ3v) is 4.26. The highest BCUT2D eigenvalue weighted by Gasteiger charge is 2.37. The van der Waals surface area contributed by atoms with Gasteiger partial charge in [0, 0.05) is 32.0 Å². The van der Waals surface area contributed by atoms with Gasteiger partial charge in [0.15, 0.2) is 5.82 Å². The number of likely N-dealkylation sites (tertiary alicyclic amines) is 1. The van der Waals surface area contributed by atoms with E-state index in [2.05, 4.69) is 32.0 Å². The molecule has 0 saturated carbocycles. The zero-order chi connectivity index (χ0) is 13.5. The van der Waals surface area contributed by atoms with Crippen molar-refractivity contribution < 1.29 is 4.74 Å². The third kappa shape index (κ3) is 1.85. The number of hydrogen-bond donors (Lipinski definition) is 0. The van der Waals surface area contributed by atoms with Crippen LogP contribution in [0.5, 0.6) is 0 Å². The van der Waals surface area contributed by atoms with Crippen molar-refractivity contribution in [3.8, 4) is 0 Å². The van der Waals surface area contributed by atoms with Crippen LogP contribution >= 0.6 is 0 Å². The molecule has 20 heavy (non-hydrogen) atoms. The van der Waals surface area contributed by atoms with Gasteiger partial charge in [-0.1, -0.05) is 0 Å². The largest absolute Gasteiger partial charge is 0.374 e. The Bertz CT molecular complexity index is 614. The topological polar surface area (TPSA) is 58.8 Å². The van der Waals surface area contributed by atoms with Gasteiger partial charge in [-0.25, -0.2) is 4.98 Å². The second-order valence-corrected chi connectivity index (χ2v) is 5.53. The van der Waals surface area contributed by atoms with Crippen LogP contribution < -0.4 is 4.90 Å². The molecule has 106 valence electrons. The van der Waals surface area contributed by atoms with Crippen LogP contribution in [0.25, 0.3) is 5.65 Å². The number of ether oxygens (including phenoxy) is 1. The molecule has 0 bridgehead atoms. The fourth-order valence-corrected chi connectivity index (χ4v) is 3.24. The molecule has 2 aliphatic heterocycles. The van der Waals surface area contributed by atoms with E-state index in [0.29, 0.717) is 12.1 Å². The van der Waals surface area contributed by atoms with Crippen LogP contribution in [0.3, 0.4) is 0 Å². The minimum atomic E-state index is 0.296. The van der Waals surface area contributed by atoms with E-state index in [-0.39, 0.29) is 0 Å². The first-order valence-corrected chi connectivity index (χ1v) is 7.04. The summed E-state index contributed by atoms with van der Waals surface area (Å²) in [6, 6.07) is 0.345. The molecule has 0 amide bonds. The Labute approximate surface area is 117 Å². The highest BCUT2D eigenvalue weighted by atomic mass is 16.5. The molecule has 0 aromatic carbocycles. The van der Waals surface area contributed by atoms with Crippen molar-refractivity contribution in [3.05, 3.63) is 18.7 Å². The van der Waals surface area contributed by atoms with E-state index in [9.17, 15) is 0 Å². The summed E-state index contributed by atoms with van der Waals surface area (Å²) in [5.74, 6) is 0.915. The lowest BCUT2D eigenvalue weighted by Gasteiger charge is -2.46. The standard InChI is InChI=1S/C13H18N6O/c1-17-4-2-11-10(8-17)19(6-7-20-11)12-13-16-15-9-18(13)5-3-14-12/h3,5,9-11H,2,4,6-8H2,1H3. The number of aromatic nitrogens is 4. The Morgan fingerprint density at radius 3 is 3.25 bits per heavy atom. The molecule has 0 spiro atoms. The van der Waals surface area contributed by atoms with E-state index in [1.165, 1.54) is 0 Å². The van der Waals surface area contributed by atoms with Gasteiger partial charge in [0.25, 0.3) is 0 Å². The van der Waals surface area contributed by atoms with Gasteiger partial charge < -0.3 is 14.5 Å². The van der Waals surface area contributed by atoms with Gasteiger partial charge in [-0.2, -0.15) is 0 Å². The number of fused-ring (bicyclic) bond motifs is 2. The van der Waals surface area contributed by atoms with E-state index in [4.69, 9.17) is 4.74 Å². The lowest BCUT2D eigenvalue weighted by atomic mass is 9.99. The predicted octanol–water partition coefficient (Wildman–Crippen LogP) is 0.0336. The normalized spacial score (nSPS) is 27.8. The monoisotopic (exact) mass is 274 g/mol. The van der Waals surface area contributed by atoms with Gasteiger partial charge in [-0.3, -0.25) is 4.40 Å². The lowest BCUT2D eigenvalue weighted by Crippen LogP contribution is -2.59. The van der Waals surface area contributed by atoms with Crippen LogP contribution in [-0.4, -0.2) is 69.9 Å². The molecule has 2 fully saturated rings. The first-order valence-electron chi connectivity index (χ1n) is 7.04. The molecule has 2 saturated heterocycles. The van der Waals surface area contributed by atoms with E-state index in [1.54, 1.807) is 6.33 Å². The summed E-state index contributed by atoms with van der Waals surface area (Å²) in [5.41, 5.74) is 0.821. The van der Waals surface area contributed by atoms with Crippen molar-refractivity contribution in [3.63, 3.8) is 0 Å². The summed E-state index contributed by atoms with van der Waals surface area (Å²) >= 11 is 0. The number of rotatable bonds is 1. The fourth-order valence-electron chi connectivity index (χ4n) is 3.24. The van der Waals surface area contributed by atoms with E-state index < -0.39 is 0 Å². The summed E-state index contributed by atoms with van der Waals surface area (Å²) < 4.78 is 7.85. The molecule has 4 rings (SSSR count). The quantitative estimate of drug-likeness (QED) is 0.731. The first-order chi connectivity index (χ1) is 9.83. The predicted molar refractivity (Wildman–Crippen MR) is 73.8 cm³/mol. The third-order valence-electron chi connectivity index (χ3n) is 4.26. The molecular weight excluding hydrogens is 256 g/mol. The summed E-state index contributed by atoms with van der Waals surface area (Å²) in [4.78, 5) is 9.24. The Morgan fingerprint density at radius 1 is 1.35 bits per heavy atom.